The number of hydrogen-bond acceptors (Lipinski definition) is 8. The zero-order chi connectivity index (χ0) is 26.3. The van der Waals surface area contributed by atoms with Crippen LogP contribution in [0.3, 0.4) is 0 Å². The molecule has 0 aromatic carbocycles. The fraction of sp³-hybridized carbons (Fsp3) is 0.889. The molecule has 0 N–H and O–H groups in total. The van der Waals surface area contributed by atoms with E-state index in [9.17, 15) is 14.9 Å². The summed E-state index contributed by atoms with van der Waals surface area (Å²) in [6.45, 7) is 13.2. The molecule has 4 aliphatic rings. The van der Waals surface area contributed by atoms with Crippen molar-refractivity contribution >= 4 is 11.8 Å². The number of nitrogens with zero attached hydrogens (tertiary/aromatic N) is 6. The van der Waals surface area contributed by atoms with Crippen molar-refractivity contribution in [2.45, 2.75) is 38.6 Å². The largest absolute Gasteiger partial charge is 0.381 e. The number of ether oxygens (including phenoxy) is 2. The van der Waals surface area contributed by atoms with Crippen LogP contribution in [0.4, 0.5) is 0 Å². The Hall–Kier alpha value is -1.77. The fourth-order valence-electron chi connectivity index (χ4n) is 6.11. The van der Waals surface area contributed by atoms with Crippen molar-refractivity contribution in [2.75, 3.05) is 105 Å². The van der Waals surface area contributed by atoms with Gasteiger partial charge in [0.05, 0.1) is 19.3 Å². The van der Waals surface area contributed by atoms with Gasteiger partial charge >= 0.3 is 0 Å². The zero-order valence-electron chi connectivity index (χ0n) is 22.9. The summed E-state index contributed by atoms with van der Waals surface area (Å²) in [6, 6.07) is 2.21. The summed E-state index contributed by atoms with van der Waals surface area (Å²) in [5.74, 6) is 0.785. The van der Waals surface area contributed by atoms with Gasteiger partial charge < -0.3 is 24.2 Å². The van der Waals surface area contributed by atoms with Crippen molar-refractivity contribution < 1.29 is 19.1 Å². The minimum absolute atomic E-state index is 0.0119. The lowest BCUT2D eigenvalue weighted by atomic mass is 9.78. The van der Waals surface area contributed by atoms with Crippen molar-refractivity contribution in [1.82, 2.24) is 24.5 Å². The van der Waals surface area contributed by atoms with E-state index in [0.29, 0.717) is 71.2 Å². The van der Waals surface area contributed by atoms with Crippen LogP contribution in [-0.2, 0) is 19.1 Å². The lowest BCUT2D eigenvalue weighted by molar-refractivity contribution is -0.145. The molecule has 10 heteroatoms. The van der Waals surface area contributed by atoms with Crippen LogP contribution in [0.15, 0.2) is 0 Å². The van der Waals surface area contributed by atoms with E-state index < -0.39 is 5.41 Å². The first-order valence-electron chi connectivity index (χ1n) is 14.3. The van der Waals surface area contributed by atoms with Crippen LogP contribution in [0, 0.1) is 22.7 Å². The van der Waals surface area contributed by atoms with E-state index in [1.807, 2.05) is 18.9 Å². The molecular weight excluding hydrogens is 472 g/mol. The third kappa shape index (κ3) is 7.01. The van der Waals surface area contributed by atoms with Gasteiger partial charge in [-0.2, -0.15) is 5.26 Å². The number of morpholine rings is 1. The molecule has 0 aliphatic carbocycles. The molecule has 0 aromatic rings. The molecule has 10 nitrogen and oxygen atoms in total. The van der Waals surface area contributed by atoms with Gasteiger partial charge in [0.25, 0.3) is 0 Å². The number of carbonyl (C=O) groups excluding carboxylic acids is 2. The van der Waals surface area contributed by atoms with E-state index in [2.05, 4.69) is 20.8 Å². The van der Waals surface area contributed by atoms with Gasteiger partial charge in [0.1, 0.15) is 11.5 Å². The van der Waals surface area contributed by atoms with Crippen molar-refractivity contribution in [3.8, 4) is 6.07 Å². The normalized spacial score (nSPS) is 25.4. The van der Waals surface area contributed by atoms with E-state index in [0.717, 1.165) is 58.8 Å². The molecule has 4 saturated heterocycles. The van der Waals surface area contributed by atoms with E-state index >= 15 is 0 Å². The maximum atomic E-state index is 13.6. The average molecular weight is 519 g/mol. The van der Waals surface area contributed by atoms with Crippen LogP contribution in [0.2, 0.25) is 0 Å². The highest BCUT2D eigenvalue weighted by Gasteiger charge is 2.45. The van der Waals surface area contributed by atoms with Gasteiger partial charge in [0.15, 0.2) is 0 Å². The Morgan fingerprint density at radius 2 is 1.57 bits per heavy atom. The molecule has 4 aliphatic heterocycles. The second-order valence-electron chi connectivity index (χ2n) is 11.2. The van der Waals surface area contributed by atoms with E-state index in [1.54, 1.807) is 4.90 Å². The minimum Gasteiger partial charge on any atom is -0.381 e. The van der Waals surface area contributed by atoms with Crippen LogP contribution in [-0.4, -0.2) is 148 Å². The van der Waals surface area contributed by atoms with Gasteiger partial charge in [-0.05, 0) is 38.5 Å². The number of nitriles is 1. The Bertz CT molecular complexity index is 791. The molecule has 0 saturated carbocycles. The van der Waals surface area contributed by atoms with Gasteiger partial charge in [0.2, 0.25) is 11.8 Å². The Balaban J connectivity index is 1.31. The maximum Gasteiger partial charge on any atom is 0.243 e. The molecule has 37 heavy (non-hydrogen) atoms. The highest BCUT2D eigenvalue weighted by atomic mass is 16.5. The first-order valence-corrected chi connectivity index (χ1v) is 14.3. The van der Waals surface area contributed by atoms with Crippen molar-refractivity contribution in [3.05, 3.63) is 0 Å². The van der Waals surface area contributed by atoms with Crippen LogP contribution < -0.4 is 0 Å². The van der Waals surface area contributed by atoms with E-state index in [-0.39, 0.29) is 17.9 Å². The topological polar surface area (TPSA) is 92.6 Å². The molecule has 0 aromatic heterocycles. The number of likely N-dealkylation sites (N-methyl/N-ethyl adjacent to an activating group) is 1. The van der Waals surface area contributed by atoms with Crippen LogP contribution in [0.5, 0.6) is 0 Å². The van der Waals surface area contributed by atoms with Crippen LogP contribution in [0.1, 0.15) is 32.6 Å². The molecular formula is C27H46N6O4. The highest BCUT2D eigenvalue weighted by Crippen LogP contribution is 2.34. The van der Waals surface area contributed by atoms with Gasteiger partial charge in [-0.25, -0.2) is 0 Å². The van der Waals surface area contributed by atoms with E-state index in [4.69, 9.17) is 9.47 Å². The molecule has 4 rings (SSSR count). The summed E-state index contributed by atoms with van der Waals surface area (Å²) >= 11 is 0. The second kappa shape index (κ2) is 13.3. The molecule has 4 fully saturated rings. The third-order valence-corrected chi connectivity index (χ3v) is 8.90. The maximum absolute atomic E-state index is 13.6. The number of piperazine rings is 1. The Labute approximate surface area is 222 Å². The highest BCUT2D eigenvalue weighted by molar-refractivity contribution is 5.86. The second-order valence-corrected chi connectivity index (χ2v) is 11.2. The zero-order valence-corrected chi connectivity index (χ0v) is 22.9. The number of rotatable bonds is 8. The number of likely N-dealkylation sites (tertiary alicyclic amines) is 1. The van der Waals surface area contributed by atoms with Gasteiger partial charge in [-0.15, -0.1) is 0 Å². The van der Waals surface area contributed by atoms with Gasteiger partial charge in [-0.1, -0.05) is 0 Å². The number of hydrogen-bond donors (Lipinski definition) is 0. The predicted molar refractivity (Wildman–Crippen MR) is 140 cm³/mol. The Morgan fingerprint density at radius 1 is 0.946 bits per heavy atom. The van der Waals surface area contributed by atoms with Crippen molar-refractivity contribution in [2.24, 2.45) is 11.3 Å². The number of carbonyl (C=O) groups is 2. The molecule has 208 valence electrons. The van der Waals surface area contributed by atoms with E-state index in [1.165, 1.54) is 0 Å². The molecule has 0 radical (unpaired) electrons. The Morgan fingerprint density at radius 3 is 2.16 bits per heavy atom. The molecule has 4 heterocycles. The Kier molecular flexibility index (Phi) is 10.2. The van der Waals surface area contributed by atoms with Crippen LogP contribution in [0.25, 0.3) is 0 Å². The summed E-state index contributed by atoms with van der Waals surface area (Å²) in [5, 5.41) is 10.1. The molecule has 1 atom stereocenters. The number of piperidine rings is 1. The summed E-state index contributed by atoms with van der Waals surface area (Å²) < 4.78 is 11.0. The minimum atomic E-state index is -0.917. The molecule has 0 bridgehead atoms. The molecule has 0 spiro atoms. The smallest absolute Gasteiger partial charge is 0.243 e. The number of amides is 2. The average Bonchev–Trinajstić information content (AvgIpc) is 2.96. The lowest BCUT2D eigenvalue weighted by Gasteiger charge is -2.44. The van der Waals surface area contributed by atoms with Crippen molar-refractivity contribution in [1.29, 1.82) is 5.26 Å². The predicted octanol–water partition coefficient (Wildman–Crippen LogP) is 0.342. The third-order valence-electron chi connectivity index (χ3n) is 8.90. The van der Waals surface area contributed by atoms with Crippen LogP contribution >= 0.6 is 0 Å². The summed E-state index contributed by atoms with van der Waals surface area (Å²) in [6.07, 6.45) is 3.41. The fourth-order valence-corrected chi connectivity index (χ4v) is 6.11. The summed E-state index contributed by atoms with van der Waals surface area (Å²) in [5.41, 5.74) is -0.917. The first-order chi connectivity index (χ1) is 18.0. The monoisotopic (exact) mass is 518 g/mol. The molecule has 0 unspecified atom stereocenters. The summed E-state index contributed by atoms with van der Waals surface area (Å²) in [7, 11) is 1.86. The lowest BCUT2D eigenvalue weighted by Crippen LogP contribution is -2.61. The first kappa shape index (κ1) is 28.2. The molecule has 2 amide bonds. The quantitative estimate of drug-likeness (QED) is 0.454. The standard InChI is InChI=1S/C27H46N6O4/c1-3-29(2)25(34)24(21-31-14-18-37-19-15-31)32-10-12-33(13-11-32)26(35)27(22-28)6-8-30(9-7-27)20-23-4-16-36-17-5-23/h23-24H,3-21H2,1-2H3/t24-/m0/s1. The van der Waals surface area contributed by atoms with Gasteiger partial charge in [0, 0.05) is 92.3 Å². The SMILES string of the molecule is CCN(C)C(=O)[C@H](CN1CCOCC1)N1CCN(C(=O)C2(C#N)CCN(CC3CCOCC3)CC2)CC1. The van der Waals surface area contributed by atoms with Crippen molar-refractivity contribution in [3.63, 3.8) is 0 Å². The van der Waals surface area contributed by atoms with Gasteiger partial charge in [-0.3, -0.25) is 19.4 Å². The summed E-state index contributed by atoms with van der Waals surface area (Å²) in [4.78, 5) is 37.6.